The summed E-state index contributed by atoms with van der Waals surface area (Å²) in [5.41, 5.74) is 1.24. The third-order valence-electron chi connectivity index (χ3n) is 3.96. The van der Waals surface area contributed by atoms with Crippen molar-refractivity contribution < 1.29 is 4.74 Å². The van der Waals surface area contributed by atoms with Crippen LogP contribution in [0.25, 0.3) is 0 Å². The average molecular weight is 352 g/mol. The highest BCUT2D eigenvalue weighted by Crippen LogP contribution is 2.21. The van der Waals surface area contributed by atoms with Crippen molar-refractivity contribution in [2.24, 2.45) is 0 Å². The first-order chi connectivity index (χ1) is 11.2. The molecule has 1 fully saturated rings. The lowest BCUT2D eigenvalue weighted by atomic mass is 10.2. The third-order valence-corrected chi connectivity index (χ3v) is 5.29. The largest absolute Gasteiger partial charge is 0.497 e. The number of hydrogen-bond donors (Lipinski definition) is 1. The molecule has 0 amide bonds. The van der Waals surface area contributed by atoms with Gasteiger partial charge in [-0.15, -0.1) is 5.10 Å². The number of rotatable bonds is 5. The van der Waals surface area contributed by atoms with E-state index in [0.717, 1.165) is 47.7 Å². The summed E-state index contributed by atoms with van der Waals surface area (Å²) in [6, 6.07) is 8.25. The van der Waals surface area contributed by atoms with Gasteiger partial charge >= 0.3 is 0 Å². The molecule has 0 bridgehead atoms. The standard InChI is InChI=1S/C15H21N5OS2/c1-16-14-17-20(15(22)23-14)11-18-7-9-19(10-8-18)12-3-5-13(21-2)6-4-12/h3-6H,7-11H2,1-2H3,(H,16,17). The van der Waals surface area contributed by atoms with Crippen LogP contribution in [0.3, 0.4) is 0 Å². The van der Waals surface area contributed by atoms with Gasteiger partial charge in [0.2, 0.25) is 5.13 Å². The first-order valence-electron chi connectivity index (χ1n) is 7.56. The van der Waals surface area contributed by atoms with E-state index in [-0.39, 0.29) is 0 Å². The van der Waals surface area contributed by atoms with E-state index in [0.29, 0.717) is 0 Å². The van der Waals surface area contributed by atoms with Crippen molar-refractivity contribution in [2.75, 3.05) is 50.6 Å². The van der Waals surface area contributed by atoms with Crippen molar-refractivity contribution in [3.63, 3.8) is 0 Å². The van der Waals surface area contributed by atoms with Crippen LogP contribution in [0.1, 0.15) is 0 Å². The maximum Gasteiger partial charge on any atom is 0.204 e. The Morgan fingerprint density at radius 2 is 1.91 bits per heavy atom. The number of nitrogens with one attached hydrogen (secondary N) is 1. The van der Waals surface area contributed by atoms with Crippen molar-refractivity contribution in [3.05, 3.63) is 28.2 Å². The van der Waals surface area contributed by atoms with E-state index in [4.69, 9.17) is 17.0 Å². The predicted octanol–water partition coefficient (Wildman–Crippen LogP) is 2.50. The number of piperazine rings is 1. The molecule has 0 spiro atoms. The van der Waals surface area contributed by atoms with Crippen LogP contribution in [0.4, 0.5) is 10.8 Å². The summed E-state index contributed by atoms with van der Waals surface area (Å²) in [7, 11) is 3.56. The van der Waals surface area contributed by atoms with E-state index in [1.165, 1.54) is 17.0 Å². The lowest BCUT2D eigenvalue weighted by Gasteiger charge is -2.35. The molecule has 1 aromatic carbocycles. The van der Waals surface area contributed by atoms with Gasteiger partial charge in [-0.3, -0.25) is 4.90 Å². The van der Waals surface area contributed by atoms with Crippen LogP contribution >= 0.6 is 23.6 Å². The molecule has 1 saturated heterocycles. The Bertz CT molecular complexity index is 689. The van der Waals surface area contributed by atoms with Gasteiger partial charge in [-0.25, -0.2) is 4.68 Å². The normalized spacial score (nSPS) is 15.7. The van der Waals surface area contributed by atoms with Crippen molar-refractivity contribution in [1.29, 1.82) is 0 Å². The van der Waals surface area contributed by atoms with E-state index >= 15 is 0 Å². The summed E-state index contributed by atoms with van der Waals surface area (Å²) in [4.78, 5) is 4.78. The molecule has 0 unspecified atom stereocenters. The molecule has 0 atom stereocenters. The van der Waals surface area contributed by atoms with Gasteiger partial charge in [-0.1, -0.05) is 11.3 Å². The maximum absolute atomic E-state index is 5.36. The molecule has 2 heterocycles. The average Bonchev–Trinajstić information content (AvgIpc) is 2.96. The second-order valence-electron chi connectivity index (χ2n) is 5.37. The number of nitrogens with zero attached hydrogens (tertiary/aromatic N) is 4. The Kier molecular flexibility index (Phi) is 5.14. The summed E-state index contributed by atoms with van der Waals surface area (Å²) in [6.07, 6.45) is 0. The van der Waals surface area contributed by atoms with E-state index in [2.05, 4.69) is 32.3 Å². The highest BCUT2D eigenvalue weighted by atomic mass is 32.1. The minimum Gasteiger partial charge on any atom is -0.497 e. The Hall–Kier alpha value is -1.64. The fraction of sp³-hybridized carbons (Fsp3) is 0.467. The van der Waals surface area contributed by atoms with Crippen LogP contribution in [-0.2, 0) is 6.67 Å². The molecular formula is C15H21N5OS2. The Balaban J connectivity index is 1.57. The fourth-order valence-electron chi connectivity index (χ4n) is 2.63. The molecule has 6 nitrogen and oxygen atoms in total. The fourth-order valence-corrected chi connectivity index (χ4v) is 3.57. The molecule has 23 heavy (non-hydrogen) atoms. The van der Waals surface area contributed by atoms with Crippen LogP contribution in [0.2, 0.25) is 0 Å². The molecule has 0 radical (unpaired) electrons. The third kappa shape index (κ3) is 3.82. The van der Waals surface area contributed by atoms with Crippen molar-refractivity contribution in [2.45, 2.75) is 6.67 Å². The second-order valence-corrected chi connectivity index (χ2v) is 6.99. The molecule has 3 rings (SSSR count). The monoisotopic (exact) mass is 351 g/mol. The van der Waals surface area contributed by atoms with Crippen molar-refractivity contribution >= 4 is 34.4 Å². The van der Waals surface area contributed by atoms with Gasteiger partial charge < -0.3 is 15.0 Å². The molecule has 8 heteroatoms. The van der Waals surface area contributed by atoms with Crippen LogP contribution in [0.15, 0.2) is 24.3 Å². The number of ether oxygens (including phenoxy) is 1. The number of aromatic nitrogens is 2. The quantitative estimate of drug-likeness (QED) is 0.835. The molecule has 1 aliphatic heterocycles. The summed E-state index contributed by atoms with van der Waals surface area (Å²) in [5, 5.41) is 8.38. The van der Waals surface area contributed by atoms with Gasteiger partial charge in [0.25, 0.3) is 0 Å². The van der Waals surface area contributed by atoms with E-state index < -0.39 is 0 Å². The van der Waals surface area contributed by atoms with E-state index in [9.17, 15) is 0 Å². The Morgan fingerprint density at radius 3 is 2.48 bits per heavy atom. The van der Waals surface area contributed by atoms with E-state index in [1.807, 2.05) is 23.9 Å². The molecule has 0 aliphatic carbocycles. The molecule has 1 N–H and O–H groups in total. The lowest BCUT2D eigenvalue weighted by molar-refractivity contribution is 0.195. The number of methoxy groups -OCH3 is 1. The zero-order chi connectivity index (χ0) is 16.2. The Labute approximate surface area is 145 Å². The van der Waals surface area contributed by atoms with Gasteiger partial charge in [0, 0.05) is 38.9 Å². The first-order valence-corrected chi connectivity index (χ1v) is 8.79. The SMILES string of the molecule is CNc1nn(CN2CCN(c3ccc(OC)cc3)CC2)c(=S)s1. The number of hydrogen-bond acceptors (Lipinski definition) is 7. The lowest BCUT2D eigenvalue weighted by Crippen LogP contribution is -2.46. The van der Waals surface area contributed by atoms with Crippen LogP contribution < -0.4 is 15.0 Å². The summed E-state index contributed by atoms with van der Waals surface area (Å²) in [6.45, 7) is 4.76. The molecule has 0 saturated carbocycles. The summed E-state index contributed by atoms with van der Waals surface area (Å²) < 4.78 is 7.92. The highest BCUT2D eigenvalue weighted by Gasteiger charge is 2.18. The van der Waals surface area contributed by atoms with Crippen LogP contribution in [-0.4, -0.2) is 55.0 Å². The number of benzene rings is 1. The van der Waals surface area contributed by atoms with Gasteiger partial charge in [0.1, 0.15) is 5.75 Å². The van der Waals surface area contributed by atoms with Gasteiger partial charge in [0.15, 0.2) is 3.95 Å². The van der Waals surface area contributed by atoms with Gasteiger partial charge in [0.05, 0.1) is 13.8 Å². The second kappa shape index (κ2) is 7.29. The zero-order valence-electron chi connectivity index (χ0n) is 13.4. The van der Waals surface area contributed by atoms with E-state index in [1.54, 1.807) is 7.11 Å². The molecular weight excluding hydrogens is 330 g/mol. The van der Waals surface area contributed by atoms with Gasteiger partial charge in [-0.05, 0) is 36.5 Å². The van der Waals surface area contributed by atoms with Crippen molar-refractivity contribution in [3.8, 4) is 5.75 Å². The maximum atomic E-state index is 5.36. The molecule has 1 aliphatic rings. The minimum absolute atomic E-state index is 0.757. The minimum atomic E-state index is 0.757. The Morgan fingerprint density at radius 1 is 1.22 bits per heavy atom. The van der Waals surface area contributed by atoms with Crippen LogP contribution in [0.5, 0.6) is 5.75 Å². The molecule has 2 aromatic rings. The predicted molar refractivity (Wildman–Crippen MR) is 97.3 cm³/mol. The zero-order valence-corrected chi connectivity index (χ0v) is 15.0. The topological polar surface area (TPSA) is 45.6 Å². The summed E-state index contributed by atoms with van der Waals surface area (Å²) >= 11 is 6.87. The number of anilines is 2. The smallest absolute Gasteiger partial charge is 0.204 e. The highest BCUT2D eigenvalue weighted by molar-refractivity contribution is 7.73. The summed E-state index contributed by atoms with van der Waals surface area (Å²) in [5.74, 6) is 0.894. The van der Waals surface area contributed by atoms with Gasteiger partial charge in [-0.2, -0.15) is 0 Å². The van der Waals surface area contributed by atoms with Crippen LogP contribution in [0, 0.1) is 3.95 Å². The van der Waals surface area contributed by atoms with Crippen molar-refractivity contribution in [1.82, 2.24) is 14.7 Å². The first kappa shape index (κ1) is 16.2. The molecule has 124 valence electrons. The molecule has 1 aromatic heterocycles.